The molecule has 8 heteroatoms. The Morgan fingerprint density at radius 2 is 2.00 bits per heavy atom. The number of Topliss-reactive ketones (excluding diaryl/α,β-unsaturated/α-hetero) is 1. The molecular formula is C15H18F3NO2S2. The van der Waals surface area contributed by atoms with Crippen molar-refractivity contribution in [1.29, 1.82) is 0 Å². The van der Waals surface area contributed by atoms with Crippen LogP contribution in [0.1, 0.15) is 26.3 Å². The van der Waals surface area contributed by atoms with E-state index in [0.717, 1.165) is 17.8 Å². The Morgan fingerprint density at radius 1 is 1.39 bits per heavy atom. The first kappa shape index (κ1) is 20.1. The summed E-state index contributed by atoms with van der Waals surface area (Å²) < 4.78 is 52.1. The topological polar surface area (TPSA) is 52.5 Å². The average Bonchev–Trinajstić information content (AvgIpc) is 2.37. The minimum absolute atomic E-state index is 0.0408. The van der Waals surface area contributed by atoms with Gasteiger partial charge in [-0.1, -0.05) is 0 Å². The van der Waals surface area contributed by atoms with E-state index >= 15 is 0 Å². The Bertz CT molecular complexity index is 615. The van der Waals surface area contributed by atoms with Crippen molar-refractivity contribution in [3.8, 4) is 0 Å². The van der Waals surface area contributed by atoms with E-state index < -0.39 is 28.7 Å². The zero-order valence-electron chi connectivity index (χ0n) is 13.3. The molecule has 0 saturated carbocycles. The summed E-state index contributed by atoms with van der Waals surface area (Å²) in [5.74, 6) is -4.37. The lowest BCUT2D eigenvalue weighted by Gasteiger charge is -2.17. The number of hydrogen-bond donors (Lipinski definition) is 0. The van der Waals surface area contributed by atoms with Crippen molar-refractivity contribution in [1.82, 2.24) is 0 Å². The summed E-state index contributed by atoms with van der Waals surface area (Å²) in [6.07, 6.45) is 0. The van der Waals surface area contributed by atoms with Gasteiger partial charge in [-0.25, -0.2) is 18.2 Å². The predicted octanol–water partition coefficient (Wildman–Crippen LogP) is 4.27. The van der Waals surface area contributed by atoms with Gasteiger partial charge in [0.25, 0.3) is 5.92 Å². The van der Waals surface area contributed by atoms with Crippen molar-refractivity contribution in [2.75, 3.05) is 11.5 Å². The molecule has 0 bridgehead atoms. The lowest BCUT2D eigenvalue weighted by atomic mass is 10.2. The van der Waals surface area contributed by atoms with Gasteiger partial charge in [0.15, 0.2) is 10.6 Å². The van der Waals surface area contributed by atoms with Gasteiger partial charge in [-0.05, 0) is 38.0 Å². The SMILES string of the molecule is CC(=O)CS/C(C)=N\c1cc([S+]([O-])CC(C)(F)F)c(C)cc1F. The van der Waals surface area contributed by atoms with Gasteiger partial charge < -0.3 is 4.55 Å². The number of ketones is 1. The average molecular weight is 365 g/mol. The lowest BCUT2D eigenvalue weighted by Crippen LogP contribution is -2.24. The standard InChI is InChI=1S/C15H18F3NO2S2/c1-9-5-12(16)13(19-11(3)22-7-10(2)20)6-14(9)23(21)8-15(4,17)18/h5-6H,7-8H2,1-4H3/b19-11-. The Kier molecular flexibility index (Phi) is 7.16. The van der Waals surface area contributed by atoms with Crippen molar-refractivity contribution >= 4 is 39.5 Å². The van der Waals surface area contributed by atoms with Crippen molar-refractivity contribution in [3.05, 3.63) is 23.5 Å². The first-order chi connectivity index (χ1) is 10.5. The largest absolute Gasteiger partial charge is 0.611 e. The maximum absolute atomic E-state index is 14.0. The van der Waals surface area contributed by atoms with Gasteiger partial charge in [-0.15, -0.1) is 11.8 Å². The smallest absolute Gasteiger partial charge is 0.289 e. The quantitative estimate of drug-likeness (QED) is 0.430. The second-order valence-electron chi connectivity index (χ2n) is 5.25. The summed E-state index contributed by atoms with van der Waals surface area (Å²) in [7, 11) is 0. The third kappa shape index (κ3) is 6.97. The molecule has 0 aromatic heterocycles. The summed E-state index contributed by atoms with van der Waals surface area (Å²) in [4.78, 5) is 15.1. The molecule has 1 rings (SSSR count). The van der Waals surface area contributed by atoms with Crippen LogP contribution in [0.15, 0.2) is 22.0 Å². The van der Waals surface area contributed by atoms with Gasteiger partial charge >= 0.3 is 0 Å². The van der Waals surface area contributed by atoms with Gasteiger partial charge in [0, 0.05) is 18.6 Å². The van der Waals surface area contributed by atoms with Gasteiger partial charge in [0.2, 0.25) is 0 Å². The first-order valence-electron chi connectivity index (χ1n) is 6.73. The van der Waals surface area contributed by atoms with Gasteiger partial charge in [0.1, 0.15) is 17.3 Å². The number of aryl methyl sites for hydroxylation is 1. The van der Waals surface area contributed by atoms with Crippen LogP contribution in [0.5, 0.6) is 0 Å². The molecule has 0 radical (unpaired) electrons. The van der Waals surface area contributed by atoms with Crippen molar-refractivity contribution < 1.29 is 22.5 Å². The zero-order chi connectivity index (χ0) is 17.8. The molecule has 0 aliphatic carbocycles. The third-order valence-electron chi connectivity index (χ3n) is 2.64. The monoisotopic (exact) mass is 365 g/mol. The molecule has 1 atom stereocenters. The van der Waals surface area contributed by atoms with Crippen LogP contribution in [-0.2, 0) is 16.0 Å². The molecule has 0 aliphatic rings. The number of carbonyl (C=O) groups excluding carboxylic acids is 1. The van der Waals surface area contributed by atoms with E-state index in [-0.39, 0.29) is 22.1 Å². The molecule has 0 amide bonds. The van der Waals surface area contributed by atoms with Gasteiger partial charge in [-0.3, -0.25) is 4.79 Å². The number of halogens is 3. The first-order valence-corrected chi connectivity index (χ1v) is 9.04. The number of nitrogens with zero attached hydrogens (tertiary/aromatic N) is 1. The Hall–Kier alpha value is -0.990. The molecule has 3 nitrogen and oxygen atoms in total. The molecule has 1 aromatic carbocycles. The fraction of sp³-hybridized carbons (Fsp3) is 0.467. The van der Waals surface area contributed by atoms with E-state index in [9.17, 15) is 22.5 Å². The second-order valence-corrected chi connectivity index (χ2v) is 7.84. The second kappa shape index (κ2) is 8.21. The summed E-state index contributed by atoms with van der Waals surface area (Å²) in [6, 6.07) is 2.35. The van der Waals surface area contributed by atoms with Crippen LogP contribution in [0, 0.1) is 12.7 Å². The number of carbonyl (C=O) groups is 1. The number of thioether (sulfide) groups is 1. The van der Waals surface area contributed by atoms with Gasteiger partial charge in [-0.2, -0.15) is 0 Å². The molecule has 23 heavy (non-hydrogen) atoms. The molecule has 0 spiro atoms. The lowest BCUT2D eigenvalue weighted by molar-refractivity contribution is -0.114. The van der Waals surface area contributed by atoms with Crippen LogP contribution in [0.2, 0.25) is 0 Å². The fourth-order valence-electron chi connectivity index (χ4n) is 1.69. The molecule has 0 aliphatic heterocycles. The molecule has 128 valence electrons. The van der Waals surface area contributed by atoms with Crippen molar-refractivity contribution in [3.63, 3.8) is 0 Å². The maximum Gasteiger partial charge on any atom is 0.289 e. The van der Waals surface area contributed by atoms with E-state index in [2.05, 4.69) is 4.99 Å². The molecule has 1 aromatic rings. The highest BCUT2D eigenvalue weighted by Gasteiger charge is 2.31. The van der Waals surface area contributed by atoms with Crippen LogP contribution in [0.3, 0.4) is 0 Å². The molecule has 0 N–H and O–H groups in total. The van der Waals surface area contributed by atoms with E-state index in [0.29, 0.717) is 17.5 Å². The molecular weight excluding hydrogens is 347 g/mol. The van der Waals surface area contributed by atoms with Crippen LogP contribution >= 0.6 is 11.8 Å². The number of rotatable bonds is 6. The van der Waals surface area contributed by atoms with E-state index in [4.69, 9.17) is 0 Å². The van der Waals surface area contributed by atoms with Crippen LogP contribution in [-0.4, -0.2) is 32.8 Å². The summed E-state index contributed by atoms with van der Waals surface area (Å²) in [5.41, 5.74) is 0.255. The Labute approximate surface area is 140 Å². The fourth-order valence-corrected chi connectivity index (χ4v) is 3.54. The highest BCUT2D eigenvalue weighted by Crippen LogP contribution is 2.29. The van der Waals surface area contributed by atoms with E-state index in [1.165, 1.54) is 19.9 Å². The van der Waals surface area contributed by atoms with E-state index in [1.54, 1.807) is 6.92 Å². The third-order valence-corrected chi connectivity index (χ3v) is 5.40. The highest BCUT2D eigenvalue weighted by atomic mass is 32.2. The number of aliphatic imine (C=N–C) groups is 1. The Balaban J connectivity index is 3.08. The molecule has 1 unspecified atom stereocenters. The summed E-state index contributed by atoms with van der Waals surface area (Å²) >= 11 is -0.801. The normalized spacial score (nSPS) is 14.0. The van der Waals surface area contributed by atoms with Crippen LogP contribution in [0.4, 0.5) is 18.9 Å². The van der Waals surface area contributed by atoms with Crippen molar-refractivity contribution in [2.24, 2.45) is 4.99 Å². The molecule has 0 heterocycles. The zero-order valence-corrected chi connectivity index (χ0v) is 14.9. The maximum atomic E-state index is 14.0. The minimum atomic E-state index is -3.08. The molecule has 0 fully saturated rings. The van der Waals surface area contributed by atoms with Crippen molar-refractivity contribution in [2.45, 2.75) is 38.5 Å². The number of alkyl halides is 2. The predicted molar refractivity (Wildman–Crippen MR) is 88.9 cm³/mol. The molecule has 0 saturated heterocycles. The summed E-state index contributed by atoms with van der Waals surface area (Å²) in [5, 5.41) is 0.459. The Morgan fingerprint density at radius 3 is 2.52 bits per heavy atom. The minimum Gasteiger partial charge on any atom is -0.611 e. The number of hydrogen-bond acceptors (Lipinski definition) is 4. The van der Waals surface area contributed by atoms with E-state index in [1.807, 2.05) is 0 Å². The number of benzene rings is 1. The van der Waals surface area contributed by atoms with Crippen LogP contribution < -0.4 is 0 Å². The highest BCUT2D eigenvalue weighted by molar-refractivity contribution is 8.14. The summed E-state index contributed by atoms with van der Waals surface area (Å²) in [6.45, 7) is 5.24. The van der Waals surface area contributed by atoms with Gasteiger partial charge in [0.05, 0.1) is 10.8 Å². The van der Waals surface area contributed by atoms with Crippen LogP contribution in [0.25, 0.3) is 0 Å².